The van der Waals surface area contributed by atoms with Gasteiger partial charge < -0.3 is 5.73 Å². The monoisotopic (exact) mass is 217 g/mol. The molecule has 1 unspecified atom stereocenters. The fourth-order valence-electron chi connectivity index (χ4n) is 1.68. The molecule has 1 aromatic carbocycles. The molecule has 0 amide bonds. The summed E-state index contributed by atoms with van der Waals surface area (Å²) in [5.74, 6) is 0. The second kappa shape index (κ2) is 4.60. The quantitative estimate of drug-likeness (QED) is 0.838. The summed E-state index contributed by atoms with van der Waals surface area (Å²) >= 11 is 1.70. The van der Waals surface area contributed by atoms with E-state index < -0.39 is 0 Å². The first-order chi connectivity index (χ1) is 7.27. The van der Waals surface area contributed by atoms with Gasteiger partial charge in [-0.1, -0.05) is 24.3 Å². The molecule has 0 saturated carbocycles. The van der Waals surface area contributed by atoms with Gasteiger partial charge >= 0.3 is 0 Å². The molecule has 2 rings (SSSR count). The Hall–Kier alpha value is -1.12. The number of hydrogen-bond donors (Lipinski definition) is 1. The summed E-state index contributed by atoms with van der Waals surface area (Å²) in [5.41, 5.74) is 10.1. The third-order valence-electron chi connectivity index (χ3n) is 2.67. The number of thiophene rings is 1. The lowest BCUT2D eigenvalue weighted by Gasteiger charge is -2.11. The molecule has 0 aliphatic carbocycles. The van der Waals surface area contributed by atoms with Crippen LogP contribution in [0.3, 0.4) is 0 Å². The van der Waals surface area contributed by atoms with Crippen molar-refractivity contribution >= 4 is 11.3 Å². The molecule has 1 nitrogen and oxygen atoms in total. The molecule has 1 atom stereocenters. The lowest BCUT2D eigenvalue weighted by Crippen LogP contribution is -2.12. The number of nitrogens with two attached hydrogens (primary N) is 1. The van der Waals surface area contributed by atoms with E-state index in [0.29, 0.717) is 0 Å². The zero-order valence-corrected chi connectivity index (χ0v) is 9.63. The van der Waals surface area contributed by atoms with Crippen molar-refractivity contribution in [3.05, 3.63) is 57.8 Å². The largest absolute Gasteiger partial charge is 0.324 e. The minimum Gasteiger partial charge on any atom is -0.324 e. The molecule has 2 N–H and O–H groups in total. The molecule has 2 heteroatoms. The Bertz CT molecular complexity index is 420. The molecular formula is C13H15NS. The Labute approximate surface area is 94.6 Å². The standard InChI is InChI=1S/C13H15NS/c1-10-4-2-3-5-11(10)8-13(14)12-6-7-15-9-12/h2-7,9,13H,8,14H2,1H3. The van der Waals surface area contributed by atoms with Crippen molar-refractivity contribution < 1.29 is 0 Å². The van der Waals surface area contributed by atoms with Gasteiger partial charge in [-0.3, -0.25) is 0 Å². The van der Waals surface area contributed by atoms with Crippen molar-refractivity contribution in [1.82, 2.24) is 0 Å². The molecule has 0 saturated heterocycles. The molecule has 0 fully saturated rings. The third kappa shape index (κ3) is 2.46. The van der Waals surface area contributed by atoms with Crippen LogP contribution in [0, 0.1) is 6.92 Å². The third-order valence-corrected chi connectivity index (χ3v) is 3.37. The minimum absolute atomic E-state index is 0.123. The van der Waals surface area contributed by atoms with Crippen LogP contribution in [0.25, 0.3) is 0 Å². The Kier molecular flexibility index (Phi) is 3.19. The predicted octanol–water partition coefficient (Wildman–Crippen LogP) is 3.30. The highest BCUT2D eigenvalue weighted by atomic mass is 32.1. The fourth-order valence-corrected chi connectivity index (χ4v) is 2.40. The van der Waals surface area contributed by atoms with Crippen molar-refractivity contribution in [2.75, 3.05) is 0 Å². The Morgan fingerprint density at radius 3 is 2.73 bits per heavy atom. The molecule has 0 radical (unpaired) electrons. The highest BCUT2D eigenvalue weighted by Crippen LogP contribution is 2.20. The van der Waals surface area contributed by atoms with E-state index in [4.69, 9.17) is 5.73 Å². The summed E-state index contributed by atoms with van der Waals surface area (Å²) in [6, 6.07) is 10.7. The highest BCUT2D eigenvalue weighted by Gasteiger charge is 2.08. The molecule has 0 aliphatic rings. The summed E-state index contributed by atoms with van der Waals surface area (Å²) in [6.45, 7) is 2.13. The van der Waals surface area contributed by atoms with E-state index in [1.165, 1.54) is 16.7 Å². The van der Waals surface area contributed by atoms with Crippen molar-refractivity contribution in [2.45, 2.75) is 19.4 Å². The smallest absolute Gasteiger partial charge is 0.0344 e. The zero-order valence-electron chi connectivity index (χ0n) is 8.81. The average Bonchev–Trinajstić information content (AvgIpc) is 2.74. The summed E-state index contributed by atoms with van der Waals surface area (Å²) in [7, 11) is 0. The summed E-state index contributed by atoms with van der Waals surface area (Å²) in [4.78, 5) is 0. The lowest BCUT2D eigenvalue weighted by molar-refractivity contribution is 0.722. The van der Waals surface area contributed by atoms with Crippen LogP contribution in [-0.4, -0.2) is 0 Å². The van der Waals surface area contributed by atoms with E-state index in [2.05, 4.69) is 48.0 Å². The Balaban J connectivity index is 2.13. The van der Waals surface area contributed by atoms with Crippen LogP contribution in [0.2, 0.25) is 0 Å². The molecule has 1 aromatic heterocycles. The minimum atomic E-state index is 0.123. The summed E-state index contributed by atoms with van der Waals surface area (Å²) in [5, 5.41) is 4.20. The van der Waals surface area contributed by atoms with Gasteiger partial charge in [0.1, 0.15) is 0 Å². The molecule has 0 spiro atoms. The SMILES string of the molecule is Cc1ccccc1CC(N)c1ccsc1. The molecule has 0 aliphatic heterocycles. The van der Waals surface area contributed by atoms with Crippen LogP contribution in [0.1, 0.15) is 22.7 Å². The number of hydrogen-bond acceptors (Lipinski definition) is 2. The number of benzene rings is 1. The number of aryl methyl sites for hydroxylation is 1. The maximum absolute atomic E-state index is 6.15. The van der Waals surface area contributed by atoms with Crippen LogP contribution in [0.5, 0.6) is 0 Å². The van der Waals surface area contributed by atoms with Gasteiger partial charge in [0.25, 0.3) is 0 Å². The summed E-state index contributed by atoms with van der Waals surface area (Å²) < 4.78 is 0. The van der Waals surface area contributed by atoms with Crippen LogP contribution in [0.4, 0.5) is 0 Å². The maximum atomic E-state index is 6.15. The van der Waals surface area contributed by atoms with Crippen LogP contribution in [-0.2, 0) is 6.42 Å². The topological polar surface area (TPSA) is 26.0 Å². The van der Waals surface area contributed by atoms with E-state index in [1.807, 2.05) is 0 Å². The molecule has 15 heavy (non-hydrogen) atoms. The molecule has 0 bridgehead atoms. The molecule has 2 aromatic rings. The second-order valence-corrected chi connectivity index (χ2v) is 4.57. The average molecular weight is 217 g/mol. The second-order valence-electron chi connectivity index (χ2n) is 3.79. The van der Waals surface area contributed by atoms with Gasteiger partial charge in [-0.2, -0.15) is 11.3 Å². The van der Waals surface area contributed by atoms with Crippen molar-refractivity contribution in [1.29, 1.82) is 0 Å². The van der Waals surface area contributed by atoms with E-state index in [-0.39, 0.29) is 6.04 Å². The van der Waals surface area contributed by atoms with Crippen molar-refractivity contribution in [2.24, 2.45) is 5.73 Å². The van der Waals surface area contributed by atoms with Gasteiger partial charge in [-0.25, -0.2) is 0 Å². The Morgan fingerprint density at radius 1 is 1.27 bits per heavy atom. The van der Waals surface area contributed by atoms with Crippen molar-refractivity contribution in [3.8, 4) is 0 Å². The van der Waals surface area contributed by atoms with Gasteiger partial charge in [0.2, 0.25) is 0 Å². The first-order valence-electron chi connectivity index (χ1n) is 5.09. The maximum Gasteiger partial charge on any atom is 0.0344 e. The van der Waals surface area contributed by atoms with Crippen LogP contribution >= 0.6 is 11.3 Å². The molecule has 78 valence electrons. The molecular weight excluding hydrogens is 202 g/mol. The number of rotatable bonds is 3. The van der Waals surface area contributed by atoms with E-state index in [1.54, 1.807) is 11.3 Å². The lowest BCUT2D eigenvalue weighted by atomic mass is 9.98. The van der Waals surface area contributed by atoms with E-state index in [0.717, 1.165) is 6.42 Å². The van der Waals surface area contributed by atoms with Gasteiger partial charge in [0.05, 0.1) is 0 Å². The normalized spacial score (nSPS) is 12.7. The highest BCUT2D eigenvalue weighted by molar-refractivity contribution is 7.07. The molecule has 1 heterocycles. The van der Waals surface area contributed by atoms with Crippen LogP contribution in [0.15, 0.2) is 41.1 Å². The first kappa shape index (κ1) is 10.4. The van der Waals surface area contributed by atoms with E-state index >= 15 is 0 Å². The van der Waals surface area contributed by atoms with Gasteiger partial charge in [0, 0.05) is 6.04 Å². The zero-order chi connectivity index (χ0) is 10.7. The van der Waals surface area contributed by atoms with E-state index in [9.17, 15) is 0 Å². The Morgan fingerprint density at radius 2 is 2.07 bits per heavy atom. The first-order valence-corrected chi connectivity index (χ1v) is 6.04. The summed E-state index contributed by atoms with van der Waals surface area (Å²) in [6.07, 6.45) is 0.920. The van der Waals surface area contributed by atoms with Gasteiger partial charge in [-0.05, 0) is 46.9 Å². The fraction of sp³-hybridized carbons (Fsp3) is 0.231. The predicted molar refractivity (Wildman–Crippen MR) is 66.1 cm³/mol. The van der Waals surface area contributed by atoms with Crippen LogP contribution < -0.4 is 5.73 Å². The van der Waals surface area contributed by atoms with Gasteiger partial charge in [0.15, 0.2) is 0 Å². The van der Waals surface area contributed by atoms with Gasteiger partial charge in [-0.15, -0.1) is 0 Å². The van der Waals surface area contributed by atoms with Crippen molar-refractivity contribution in [3.63, 3.8) is 0 Å².